The summed E-state index contributed by atoms with van der Waals surface area (Å²) in [4.78, 5) is 16.2. The first-order valence-corrected chi connectivity index (χ1v) is 6.77. The van der Waals surface area contributed by atoms with Crippen LogP contribution in [0.4, 0.5) is 0 Å². The van der Waals surface area contributed by atoms with Gasteiger partial charge in [0.1, 0.15) is 6.54 Å². The van der Waals surface area contributed by atoms with Crippen LogP contribution in [0.1, 0.15) is 48.3 Å². The standard InChI is InChI=1S/C14H17N3O2/c1-2-3-12-15-13(19-16-12)9-17-7-6-11(8-17)14(18)10-4-5-10/h6-8,10H,2-5,9H2,1H3. The number of aryl methyl sites for hydroxylation is 1. The normalized spacial score (nSPS) is 14.8. The summed E-state index contributed by atoms with van der Waals surface area (Å²) >= 11 is 0. The van der Waals surface area contributed by atoms with Crippen molar-refractivity contribution < 1.29 is 9.32 Å². The molecule has 1 fully saturated rings. The highest BCUT2D eigenvalue weighted by atomic mass is 16.5. The topological polar surface area (TPSA) is 60.9 Å². The number of ketones is 1. The lowest BCUT2D eigenvalue weighted by atomic mass is 10.1. The van der Waals surface area contributed by atoms with E-state index in [1.54, 1.807) is 0 Å². The van der Waals surface area contributed by atoms with Crippen LogP contribution in [0.15, 0.2) is 23.0 Å². The molecule has 0 saturated heterocycles. The summed E-state index contributed by atoms with van der Waals surface area (Å²) < 4.78 is 7.10. The minimum Gasteiger partial charge on any atom is -0.344 e. The van der Waals surface area contributed by atoms with Gasteiger partial charge < -0.3 is 9.09 Å². The van der Waals surface area contributed by atoms with Crippen molar-refractivity contribution in [2.24, 2.45) is 5.92 Å². The van der Waals surface area contributed by atoms with Gasteiger partial charge in [0.25, 0.3) is 0 Å². The van der Waals surface area contributed by atoms with Crippen LogP contribution in [0.3, 0.4) is 0 Å². The quantitative estimate of drug-likeness (QED) is 0.748. The Kier molecular flexibility index (Phi) is 3.19. The fourth-order valence-corrected chi connectivity index (χ4v) is 2.10. The number of rotatable bonds is 6. The van der Waals surface area contributed by atoms with Crippen LogP contribution in [0, 0.1) is 5.92 Å². The van der Waals surface area contributed by atoms with Gasteiger partial charge in [0.2, 0.25) is 5.89 Å². The largest absolute Gasteiger partial charge is 0.344 e. The van der Waals surface area contributed by atoms with Gasteiger partial charge in [-0.3, -0.25) is 4.79 Å². The van der Waals surface area contributed by atoms with Crippen LogP contribution in [-0.4, -0.2) is 20.5 Å². The molecule has 0 radical (unpaired) electrons. The maximum atomic E-state index is 11.9. The highest BCUT2D eigenvalue weighted by Crippen LogP contribution is 2.32. The zero-order valence-corrected chi connectivity index (χ0v) is 11.0. The van der Waals surface area contributed by atoms with Gasteiger partial charge >= 0.3 is 0 Å². The van der Waals surface area contributed by atoms with E-state index in [1.807, 2.05) is 23.0 Å². The molecule has 19 heavy (non-hydrogen) atoms. The summed E-state index contributed by atoms with van der Waals surface area (Å²) in [7, 11) is 0. The smallest absolute Gasteiger partial charge is 0.246 e. The average molecular weight is 259 g/mol. The van der Waals surface area contributed by atoms with Crippen molar-refractivity contribution in [3.63, 3.8) is 0 Å². The molecular formula is C14H17N3O2. The molecule has 1 aliphatic carbocycles. The van der Waals surface area contributed by atoms with Crippen molar-refractivity contribution in [2.75, 3.05) is 0 Å². The summed E-state index contributed by atoms with van der Waals surface area (Å²) in [6, 6.07) is 1.87. The molecule has 0 atom stereocenters. The Balaban J connectivity index is 1.67. The van der Waals surface area contributed by atoms with E-state index in [2.05, 4.69) is 17.1 Å². The van der Waals surface area contributed by atoms with Gasteiger partial charge in [0, 0.05) is 30.3 Å². The van der Waals surface area contributed by atoms with Crippen LogP contribution in [0.25, 0.3) is 0 Å². The molecule has 100 valence electrons. The summed E-state index contributed by atoms with van der Waals surface area (Å²) in [6.07, 6.45) is 7.66. The van der Waals surface area contributed by atoms with E-state index in [9.17, 15) is 4.79 Å². The Morgan fingerprint density at radius 2 is 2.37 bits per heavy atom. The van der Waals surface area contributed by atoms with E-state index in [1.165, 1.54) is 0 Å². The molecule has 0 aliphatic heterocycles. The first-order valence-electron chi connectivity index (χ1n) is 6.77. The third-order valence-corrected chi connectivity index (χ3v) is 3.28. The van der Waals surface area contributed by atoms with Crippen LogP contribution in [0.5, 0.6) is 0 Å². The molecule has 3 rings (SSSR count). The Bertz CT molecular complexity index is 581. The second kappa shape index (κ2) is 4.99. The van der Waals surface area contributed by atoms with Gasteiger partial charge in [-0.2, -0.15) is 4.98 Å². The lowest BCUT2D eigenvalue weighted by Gasteiger charge is -1.96. The monoisotopic (exact) mass is 259 g/mol. The van der Waals surface area contributed by atoms with Crippen molar-refractivity contribution in [2.45, 2.75) is 39.2 Å². The lowest BCUT2D eigenvalue weighted by Crippen LogP contribution is -2.01. The molecule has 5 nitrogen and oxygen atoms in total. The Hall–Kier alpha value is -1.91. The molecule has 0 bridgehead atoms. The van der Waals surface area contributed by atoms with E-state index >= 15 is 0 Å². The molecule has 5 heteroatoms. The van der Waals surface area contributed by atoms with Crippen molar-refractivity contribution in [1.29, 1.82) is 0 Å². The van der Waals surface area contributed by atoms with Crippen LogP contribution in [-0.2, 0) is 13.0 Å². The first kappa shape index (κ1) is 12.1. The number of Topliss-reactive ketones (excluding diaryl/α,β-unsaturated/α-hetero) is 1. The summed E-state index contributed by atoms with van der Waals surface area (Å²) in [5.74, 6) is 1.86. The number of aromatic nitrogens is 3. The molecule has 0 aromatic carbocycles. The van der Waals surface area contributed by atoms with E-state index in [-0.39, 0.29) is 11.7 Å². The van der Waals surface area contributed by atoms with E-state index in [0.717, 1.165) is 37.1 Å². The number of nitrogens with zero attached hydrogens (tertiary/aromatic N) is 3. The Labute approximate surface area is 111 Å². The fourth-order valence-electron chi connectivity index (χ4n) is 2.10. The maximum Gasteiger partial charge on any atom is 0.246 e. The molecule has 0 amide bonds. The highest BCUT2D eigenvalue weighted by Gasteiger charge is 2.30. The predicted octanol–water partition coefficient (Wildman–Crippen LogP) is 2.46. The zero-order chi connectivity index (χ0) is 13.2. The van der Waals surface area contributed by atoms with Crippen molar-refractivity contribution in [1.82, 2.24) is 14.7 Å². The summed E-state index contributed by atoms with van der Waals surface area (Å²) in [5.41, 5.74) is 0.788. The molecular weight excluding hydrogens is 242 g/mol. The Morgan fingerprint density at radius 1 is 1.53 bits per heavy atom. The molecule has 2 aromatic rings. The average Bonchev–Trinajstić information content (AvgIpc) is 3.00. The maximum absolute atomic E-state index is 11.9. The molecule has 0 unspecified atom stereocenters. The van der Waals surface area contributed by atoms with E-state index in [0.29, 0.717) is 12.4 Å². The summed E-state index contributed by atoms with van der Waals surface area (Å²) in [5, 5.41) is 3.92. The second-order valence-corrected chi connectivity index (χ2v) is 5.07. The van der Waals surface area contributed by atoms with Crippen LogP contribution < -0.4 is 0 Å². The third-order valence-electron chi connectivity index (χ3n) is 3.28. The second-order valence-electron chi connectivity index (χ2n) is 5.07. The van der Waals surface area contributed by atoms with Gasteiger partial charge in [0.05, 0.1) is 0 Å². The molecule has 0 N–H and O–H groups in total. The van der Waals surface area contributed by atoms with Crippen LogP contribution >= 0.6 is 0 Å². The van der Waals surface area contributed by atoms with E-state index < -0.39 is 0 Å². The third kappa shape index (κ3) is 2.75. The van der Waals surface area contributed by atoms with Gasteiger partial charge in [0.15, 0.2) is 11.6 Å². The van der Waals surface area contributed by atoms with Crippen molar-refractivity contribution in [3.05, 3.63) is 35.7 Å². The SMILES string of the molecule is CCCc1noc(Cn2ccc(C(=O)C3CC3)c2)n1. The van der Waals surface area contributed by atoms with Gasteiger partial charge in [-0.1, -0.05) is 12.1 Å². The van der Waals surface area contributed by atoms with Gasteiger partial charge in [-0.05, 0) is 25.3 Å². The Morgan fingerprint density at radius 3 is 3.11 bits per heavy atom. The van der Waals surface area contributed by atoms with Gasteiger partial charge in [-0.15, -0.1) is 0 Å². The number of carbonyl (C=O) groups is 1. The predicted molar refractivity (Wildman–Crippen MR) is 68.9 cm³/mol. The summed E-state index contributed by atoms with van der Waals surface area (Å²) in [6.45, 7) is 2.60. The first-order chi connectivity index (χ1) is 9.26. The minimum atomic E-state index is 0.260. The lowest BCUT2D eigenvalue weighted by molar-refractivity contribution is 0.0967. The molecule has 2 heterocycles. The van der Waals surface area contributed by atoms with E-state index in [4.69, 9.17) is 4.52 Å². The highest BCUT2D eigenvalue weighted by molar-refractivity contribution is 5.99. The fraction of sp³-hybridized carbons (Fsp3) is 0.500. The van der Waals surface area contributed by atoms with Crippen molar-refractivity contribution in [3.8, 4) is 0 Å². The molecule has 1 saturated carbocycles. The number of carbonyl (C=O) groups excluding carboxylic acids is 1. The molecule has 1 aliphatic rings. The molecule has 2 aromatic heterocycles. The van der Waals surface area contributed by atoms with Crippen molar-refractivity contribution >= 4 is 5.78 Å². The minimum absolute atomic E-state index is 0.260. The number of hydrogen-bond acceptors (Lipinski definition) is 4. The zero-order valence-electron chi connectivity index (χ0n) is 11.0. The van der Waals surface area contributed by atoms with Crippen LogP contribution in [0.2, 0.25) is 0 Å². The van der Waals surface area contributed by atoms with Gasteiger partial charge in [-0.25, -0.2) is 0 Å². The molecule has 0 spiro atoms. The number of hydrogen-bond donors (Lipinski definition) is 0.